The first kappa shape index (κ1) is 13.8. The number of hydrogen-bond acceptors (Lipinski definition) is 4. The van der Waals surface area contributed by atoms with Crippen molar-refractivity contribution in [3.8, 4) is 0 Å². The van der Waals surface area contributed by atoms with E-state index in [1.165, 1.54) is 18.2 Å². The van der Waals surface area contributed by atoms with Gasteiger partial charge in [-0.1, -0.05) is 11.6 Å². The lowest BCUT2D eigenvalue weighted by molar-refractivity contribution is 0.0956. The molecule has 0 bridgehead atoms. The minimum Gasteiger partial charge on any atom is -0.399 e. The van der Waals surface area contributed by atoms with Crippen LogP contribution in [0.3, 0.4) is 0 Å². The second kappa shape index (κ2) is 5.37. The van der Waals surface area contributed by atoms with Gasteiger partial charge >= 0.3 is 0 Å². The van der Waals surface area contributed by atoms with Crippen LogP contribution in [0.2, 0.25) is 5.02 Å². The maximum absolute atomic E-state index is 11.6. The van der Waals surface area contributed by atoms with E-state index in [9.17, 15) is 13.2 Å². The molecule has 0 aliphatic rings. The number of nitrogen functional groups attached to an aromatic ring is 1. The van der Waals surface area contributed by atoms with E-state index in [0.717, 1.165) is 6.26 Å². The van der Waals surface area contributed by atoms with Gasteiger partial charge in [0.1, 0.15) is 9.84 Å². The van der Waals surface area contributed by atoms with E-state index >= 15 is 0 Å². The lowest BCUT2D eigenvalue weighted by atomic mass is 10.2. The zero-order chi connectivity index (χ0) is 13.1. The number of sulfone groups is 1. The van der Waals surface area contributed by atoms with Gasteiger partial charge in [-0.05, 0) is 18.2 Å². The molecule has 0 saturated heterocycles. The average molecular weight is 277 g/mol. The summed E-state index contributed by atoms with van der Waals surface area (Å²) in [4.78, 5) is 11.6. The molecule has 0 saturated carbocycles. The quantitative estimate of drug-likeness (QED) is 0.792. The van der Waals surface area contributed by atoms with Crippen molar-refractivity contribution in [1.82, 2.24) is 5.32 Å². The standard InChI is InChI=1S/C10H13ClN2O3S/c1-17(15,16)3-2-13-10(14)7-4-8(11)6-9(12)5-7/h4-6H,2-3,12H2,1H3,(H,13,14). The first-order valence-corrected chi connectivity index (χ1v) is 7.24. The Morgan fingerprint density at radius 1 is 1.41 bits per heavy atom. The van der Waals surface area contributed by atoms with Crippen molar-refractivity contribution in [2.24, 2.45) is 0 Å². The third-order valence-electron chi connectivity index (χ3n) is 1.94. The Morgan fingerprint density at radius 3 is 2.59 bits per heavy atom. The van der Waals surface area contributed by atoms with Crippen LogP contribution in [0, 0.1) is 0 Å². The fourth-order valence-electron chi connectivity index (χ4n) is 1.20. The lowest BCUT2D eigenvalue weighted by Gasteiger charge is -2.05. The normalized spacial score (nSPS) is 11.2. The predicted octanol–water partition coefficient (Wildman–Crippen LogP) is 0.697. The van der Waals surface area contributed by atoms with E-state index in [1.807, 2.05) is 0 Å². The van der Waals surface area contributed by atoms with E-state index < -0.39 is 15.7 Å². The lowest BCUT2D eigenvalue weighted by Crippen LogP contribution is -2.28. The van der Waals surface area contributed by atoms with Crippen LogP contribution in [0.5, 0.6) is 0 Å². The molecule has 0 fully saturated rings. The SMILES string of the molecule is CS(=O)(=O)CCNC(=O)c1cc(N)cc(Cl)c1. The van der Waals surface area contributed by atoms with Gasteiger partial charge in [0.05, 0.1) is 5.75 Å². The maximum Gasteiger partial charge on any atom is 0.251 e. The first-order chi connectivity index (χ1) is 7.78. The number of halogens is 1. The van der Waals surface area contributed by atoms with Crippen LogP contribution in [-0.2, 0) is 9.84 Å². The minimum atomic E-state index is -3.08. The van der Waals surface area contributed by atoms with E-state index in [1.54, 1.807) is 0 Å². The van der Waals surface area contributed by atoms with Crippen molar-refractivity contribution in [1.29, 1.82) is 0 Å². The van der Waals surface area contributed by atoms with Gasteiger partial charge < -0.3 is 11.1 Å². The Hall–Kier alpha value is -1.27. The van der Waals surface area contributed by atoms with Gasteiger partial charge in [-0.15, -0.1) is 0 Å². The second-order valence-corrected chi connectivity index (χ2v) is 6.36. The summed E-state index contributed by atoms with van der Waals surface area (Å²) < 4.78 is 21.7. The monoisotopic (exact) mass is 276 g/mol. The molecule has 1 aromatic rings. The summed E-state index contributed by atoms with van der Waals surface area (Å²) in [6.45, 7) is 0.0596. The summed E-state index contributed by atoms with van der Waals surface area (Å²) in [5, 5.41) is 2.84. The molecule has 0 aromatic heterocycles. The third-order valence-corrected chi connectivity index (χ3v) is 3.10. The van der Waals surface area contributed by atoms with Crippen molar-refractivity contribution >= 4 is 33.0 Å². The van der Waals surface area contributed by atoms with Gasteiger partial charge in [0, 0.05) is 29.1 Å². The predicted molar refractivity (Wildman–Crippen MR) is 67.9 cm³/mol. The number of benzene rings is 1. The second-order valence-electron chi connectivity index (χ2n) is 3.66. The van der Waals surface area contributed by atoms with E-state index in [0.29, 0.717) is 16.3 Å². The topological polar surface area (TPSA) is 89.3 Å². The highest BCUT2D eigenvalue weighted by atomic mass is 35.5. The summed E-state index contributed by atoms with van der Waals surface area (Å²) in [6, 6.07) is 4.46. The third kappa shape index (κ3) is 5.06. The van der Waals surface area contributed by atoms with Crippen molar-refractivity contribution in [2.75, 3.05) is 24.3 Å². The van der Waals surface area contributed by atoms with Crippen LogP contribution in [-0.4, -0.2) is 32.9 Å². The summed E-state index contributed by atoms with van der Waals surface area (Å²) in [7, 11) is -3.08. The molecular weight excluding hydrogens is 264 g/mol. The smallest absolute Gasteiger partial charge is 0.251 e. The highest BCUT2D eigenvalue weighted by Gasteiger charge is 2.08. The number of carbonyl (C=O) groups is 1. The number of nitrogens with one attached hydrogen (secondary N) is 1. The fraction of sp³-hybridized carbons (Fsp3) is 0.300. The van der Waals surface area contributed by atoms with Crippen LogP contribution in [0.4, 0.5) is 5.69 Å². The molecule has 1 aromatic carbocycles. The van der Waals surface area contributed by atoms with Crippen LogP contribution in [0.25, 0.3) is 0 Å². The number of hydrogen-bond donors (Lipinski definition) is 2. The molecule has 3 N–H and O–H groups in total. The maximum atomic E-state index is 11.6. The number of nitrogens with two attached hydrogens (primary N) is 1. The molecule has 0 atom stereocenters. The van der Waals surface area contributed by atoms with E-state index in [-0.39, 0.29) is 12.3 Å². The Bertz CT molecular complexity index is 508. The van der Waals surface area contributed by atoms with Crippen LogP contribution >= 0.6 is 11.6 Å². The summed E-state index contributed by atoms with van der Waals surface area (Å²) in [6.07, 6.45) is 1.11. The number of amides is 1. The molecule has 0 heterocycles. The molecule has 94 valence electrons. The highest BCUT2D eigenvalue weighted by Crippen LogP contribution is 2.16. The zero-order valence-corrected chi connectivity index (χ0v) is 10.8. The van der Waals surface area contributed by atoms with Gasteiger partial charge in [-0.3, -0.25) is 4.79 Å². The molecule has 0 aliphatic heterocycles. The molecule has 7 heteroatoms. The highest BCUT2D eigenvalue weighted by molar-refractivity contribution is 7.90. The molecule has 0 spiro atoms. The zero-order valence-electron chi connectivity index (χ0n) is 9.23. The van der Waals surface area contributed by atoms with Crippen LogP contribution < -0.4 is 11.1 Å². The largest absolute Gasteiger partial charge is 0.399 e. The van der Waals surface area contributed by atoms with Gasteiger partial charge in [-0.2, -0.15) is 0 Å². The van der Waals surface area contributed by atoms with E-state index in [4.69, 9.17) is 17.3 Å². The fourth-order valence-corrected chi connectivity index (χ4v) is 1.91. The van der Waals surface area contributed by atoms with Crippen LogP contribution in [0.1, 0.15) is 10.4 Å². The van der Waals surface area contributed by atoms with Crippen LogP contribution in [0.15, 0.2) is 18.2 Å². The number of anilines is 1. The van der Waals surface area contributed by atoms with Crippen molar-refractivity contribution in [3.05, 3.63) is 28.8 Å². The Balaban J connectivity index is 2.64. The molecule has 1 rings (SSSR count). The van der Waals surface area contributed by atoms with Gasteiger partial charge in [0.2, 0.25) is 0 Å². The summed E-state index contributed by atoms with van der Waals surface area (Å²) in [5.41, 5.74) is 6.22. The number of carbonyl (C=O) groups excluding carboxylic acids is 1. The Labute approximate surface area is 105 Å². The minimum absolute atomic E-state index is 0.0596. The van der Waals surface area contributed by atoms with E-state index in [2.05, 4.69) is 5.32 Å². The first-order valence-electron chi connectivity index (χ1n) is 4.80. The van der Waals surface area contributed by atoms with Crippen molar-refractivity contribution < 1.29 is 13.2 Å². The van der Waals surface area contributed by atoms with Gasteiger partial charge in [-0.25, -0.2) is 8.42 Å². The average Bonchev–Trinajstić information content (AvgIpc) is 2.13. The van der Waals surface area contributed by atoms with Gasteiger partial charge in [0.15, 0.2) is 0 Å². The molecule has 0 unspecified atom stereocenters. The molecule has 5 nitrogen and oxygen atoms in total. The molecular formula is C10H13ClN2O3S. The Kier molecular flexibility index (Phi) is 4.36. The Morgan fingerprint density at radius 2 is 2.06 bits per heavy atom. The number of rotatable bonds is 4. The van der Waals surface area contributed by atoms with Crippen molar-refractivity contribution in [3.63, 3.8) is 0 Å². The molecule has 1 amide bonds. The van der Waals surface area contributed by atoms with Crippen molar-refractivity contribution in [2.45, 2.75) is 0 Å². The summed E-state index contributed by atoms with van der Waals surface area (Å²) >= 11 is 5.74. The molecule has 0 aliphatic carbocycles. The summed E-state index contributed by atoms with van der Waals surface area (Å²) in [5.74, 6) is -0.503. The molecule has 0 radical (unpaired) electrons. The molecule has 17 heavy (non-hydrogen) atoms. The van der Waals surface area contributed by atoms with Gasteiger partial charge in [0.25, 0.3) is 5.91 Å².